The van der Waals surface area contributed by atoms with Crippen LogP contribution in [-0.4, -0.2) is 58.0 Å². The lowest BCUT2D eigenvalue weighted by Gasteiger charge is -2.35. The summed E-state index contributed by atoms with van der Waals surface area (Å²) in [6.07, 6.45) is 3.87. The van der Waals surface area contributed by atoms with Gasteiger partial charge < -0.3 is 9.47 Å². The Morgan fingerprint density at radius 3 is 2.23 bits per heavy atom. The molecule has 1 aliphatic rings. The smallest absolute Gasteiger partial charge is 0.253 e. The Morgan fingerprint density at radius 1 is 1.04 bits per heavy atom. The van der Waals surface area contributed by atoms with Crippen molar-refractivity contribution in [3.05, 3.63) is 53.6 Å². The molecule has 5 heteroatoms. The molecule has 140 valence electrons. The lowest BCUT2D eigenvalue weighted by atomic mass is 9.86. The predicted octanol–water partition coefficient (Wildman–Crippen LogP) is 2.95. The molecule has 0 N–H and O–H groups in total. The zero-order chi connectivity index (χ0) is 18.7. The van der Waals surface area contributed by atoms with Gasteiger partial charge in [0, 0.05) is 57.2 Å². The maximum absolute atomic E-state index is 12.8. The van der Waals surface area contributed by atoms with Gasteiger partial charge in [-0.2, -0.15) is 0 Å². The Labute approximate surface area is 156 Å². The van der Waals surface area contributed by atoms with Gasteiger partial charge in [0.1, 0.15) is 5.82 Å². The van der Waals surface area contributed by atoms with Gasteiger partial charge in [-0.05, 0) is 30.0 Å². The van der Waals surface area contributed by atoms with Crippen LogP contribution in [0.3, 0.4) is 0 Å². The number of hydrogen-bond acceptors (Lipinski definition) is 3. The van der Waals surface area contributed by atoms with E-state index in [1.54, 1.807) is 0 Å². The number of imidazole rings is 1. The van der Waals surface area contributed by atoms with E-state index in [2.05, 4.69) is 47.4 Å². The van der Waals surface area contributed by atoms with E-state index in [0.717, 1.165) is 50.7 Å². The number of amides is 1. The molecular formula is C21H30N4O. The topological polar surface area (TPSA) is 41.4 Å². The molecule has 2 heterocycles. The van der Waals surface area contributed by atoms with Crippen molar-refractivity contribution in [1.82, 2.24) is 19.4 Å². The third-order valence-corrected chi connectivity index (χ3v) is 5.24. The van der Waals surface area contributed by atoms with Crippen LogP contribution in [0.15, 0.2) is 36.7 Å². The van der Waals surface area contributed by atoms with E-state index >= 15 is 0 Å². The van der Waals surface area contributed by atoms with E-state index in [0.29, 0.717) is 0 Å². The monoisotopic (exact) mass is 354 g/mol. The van der Waals surface area contributed by atoms with Gasteiger partial charge in [-0.1, -0.05) is 32.9 Å². The number of aromatic nitrogens is 2. The minimum Gasteiger partial charge on any atom is -0.336 e. The summed E-state index contributed by atoms with van der Waals surface area (Å²) in [6.45, 7) is 14.0. The van der Waals surface area contributed by atoms with Gasteiger partial charge in [-0.25, -0.2) is 4.98 Å². The van der Waals surface area contributed by atoms with Crippen molar-refractivity contribution < 1.29 is 4.79 Å². The average Bonchev–Trinajstić information content (AvgIpc) is 3.04. The number of piperazine rings is 1. The average molecular weight is 354 g/mol. The predicted molar refractivity (Wildman–Crippen MR) is 104 cm³/mol. The van der Waals surface area contributed by atoms with Gasteiger partial charge in [-0.15, -0.1) is 0 Å². The van der Waals surface area contributed by atoms with E-state index in [1.807, 2.05) is 36.4 Å². The molecule has 1 saturated heterocycles. The molecule has 1 fully saturated rings. The number of hydrogen-bond donors (Lipinski definition) is 0. The summed E-state index contributed by atoms with van der Waals surface area (Å²) in [4.78, 5) is 21.4. The number of nitrogens with zero attached hydrogens (tertiary/aromatic N) is 4. The molecule has 3 rings (SSSR count). The first-order chi connectivity index (χ1) is 12.3. The first-order valence-corrected chi connectivity index (χ1v) is 9.44. The Bertz CT molecular complexity index is 734. The van der Waals surface area contributed by atoms with Crippen molar-refractivity contribution in [3.8, 4) is 0 Å². The maximum Gasteiger partial charge on any atom is 0.253 e. The molecule has 1 amide bonds. The number of carbonyl (C=O) groups excluding carboxylic acids is 1. The minimum atomic E-state index is 0.112. The van der Waals surface area contributed by atoms with Crippen molar-refractivity contribution in [2.45, 2.75) is 39.7 Å². The second-order valence-corrected chi connectivity index (χ2v) is 8.13. The lowest BCUT2D eigenvalue weighted by molar-refractivity contribution is 0.0633. The SMILES string of the molecule is Cc1nccn1CCN1CCN(C(=O)c2ccc(C(C)(C)C)cc2)CC1. The van der Waals surface area contributed by atoms with Crippen molar-refractivity contribution in [1.29, 1.82) is 0 Å². The fraction of sp³-hybridized carbons (Fsp3) is 0.524. The molecule has 0 radical (unpaired) electrons. The van der Waals surface area contributed by atoms with E-state index in [1.165, 1.54) is 5.56 Å². The molecule has 1 aliphatic heterocycles. The minimum absolute atomic E-state index is 0.112. The highest BCUT2D eigenvalue weighted by molar-refractivity contribution is 5.94. The van der Waals surface area contributed by atoms with E-state index in [-0.39, 0.29) is 11.3 Å². The Hall–Kier alpha value is -2.14. The van der Waals surface area contributed by atoms with Crippen LogP contribution in [0.25, 0.3) is 0 Å². The highest BCUT2D eigenvalue weighted by atomic mass is 16.2. The molecule has 0 unspecified atom stereocenters. The molecule has 2 aromatic rings. The summed E-state index contributed by atoms with van der Waals surface area (Å²) in [7, 11) is 0. The van der Waals surface area contributed by atoms with Crippen LogP contribution >= 0.6 is 0 Å². The third kappa shape index (κ3) is 4.33. The molecule has 0 aliphatic carbocycles. The summed E-state index contributed by atoms with van der Waals surface area (Å²) < 4.78 is 2.17. The highest BCUT2D eigenvalue weighted by Crippen LogP contribution is 2.22. The second kappa shape index (κ2) is 7.62. The molecular weight excluding hydrogens is 324 g/mol. The first-order valence-electron chi connectivity index (χ1n) is 9.44. The fourth-order valence-electron chi connectivity index (χ4n) is 3.36. The lowest BCUT2D eigenvalue weighted by Crippen LogP contribution is -2.49. The Kier molecular flexibility index (Phi) is 5.47. The van der Waals surface area contributed by atoms with Gasteiger partial charge in [0.2, 0.25) is 0 Å². The van der Waals surface area contributed by atoms with Crippen molar-refractivity contribution >= 4 is 5.91 Å². The molecule has 0 atom stereocenters. The van der Waals surface area contributed by atoms with Gasteiger partial charge >= 0.3 is 0 Å². The summed E-state index contributed by atoms with van der Waals surface area (Å²) in [5, 5.41) is 0. The number of carbonyl (C=O) groups is 1. The van der Waals surface area contributed by atoms with Crippen LogP contribution < -0.4 is 0 Å². The molecule has 26 heavy (non-hydrogen) atoms. The maximum atomic E-state index is 12.8. The molecule has 1 aromatic carbocycles. The first kappa shape index (κ1) is 18.6. The summed E-state index contributed by atoms with van der Waals surface area (Å²) in [5.41, 5.74) is 2.16. The van der Waals surface area contributed by atoms with Crippen molar-refractivity contribution in [2.75, 3.05) is 32.7 Å². The summed E-state index contributed by atoms with van der Waals surface area (Å²) >= 11 is 0. The standard InChI is InChI=1S/C21H30N4O/c1-17-22-9-10-24(17)14-11-23-12-15-25(16-13-23)20(26)18-5-7-19(8-6-18)21(2,3)4/h5-10H,11-16H2,1-4H3. The largest absolute Gasteiger partial charge is 0.336 e. The molecule has 5 nitrogen and oxygen atoms in total. The zero-order valence-corrected chi connectivity index (χ0v) is 16.4. The molecule has 0 bridgehead atoms. The van der Waals surface area contributed by atoms with Crippen LogP contribution in [0.5, 0.6) is 0 Å². The van der Waals surface area contributed by atoms with Crippen molar-refractivity contribution in [2.24, 2.45) is 0 Å². The normalized spacial score (nSPS) is 16.1. The van der Waals surface area contributed by atoms with Crippen LogP contribution in [-0.2, 0) is 12.0 Å². The molecule has 1 aromatic heterocycles. The van der Waals surface area contributed by atoms with E-state index in [9.17, 15) is 4.79 Å². The number of benzene rings is 1. The van der Waals surface area contributed by atoms with Gasteiger partial charge in [0.05, 0.1) is 0 Å². The number of rotatable bonds is 4. The van der Waals surface area contributed by atoms with E-state index in [4.69, 9.17) is 0 Å². The fourth-order valence-corrected chi connectivity index (χ4v) is 3.36. The van der Waals surface area contributed by atoms with E-state index < -0.39 is 0 Å². The van der Waals surface area contributed by atoms with Crippen LogP contribution in [0.4, 0.5) is 0 Å². The molecule has 0 saturated carbocycles. The third-order valence-electron chi connectivity index (χ3n) is 5.24. The van der Waals surface area contributed by atoms with Gasteiger partial charge in [0.25, 0.3) is 5.91 Å². The Morgan fingerprint density at radius 2 is 1.69 bits per heavy atom. The highest BCUT2D eigenvalue weighted by Gasteiger charge is 2.22. The van der Waals surface area contributed by atoms with Crippen LogP contribution in [0.2, 0.25) is 0 Å². The van der Waals surface area contributed by atoms with Crippen molar-refractivity contribution in [3.63, 3.8) is 0 Å². The number of aryl methyl sites for hydroxylation is 1. The van der Waals surface area contributed by atoms with Gasteiger partial charge in [-0.3, -0.25) is 9.69 Å². The van der Waals surface area contributed by atoms with Gasteiger partial charge in [0.15, 0.2) is 0 Å². The van der Waals surface area contributed by atoms with Crippen LogP contribution in [0.1, 0.15) is 42.5 Å². The van der Waals surface area contributed by atoms with Crippen LogP contribution in [0, 0.1) is 6.92 Å². The zero-order valence-electron chi connectivity index (χ0n) is 16.4. The quantitative estimate of drug-likeness (QED) is 0.848. The summed E-state index contributed by atoms with van der Waals surface area (Å²) in [6, 6.07) is 8.10. The molecule has 0 spiro atoms. The Balaban J connectivity index is 1.51. The second-order valence-electron chi connectivity index (χ2n) is 8.13. The summed E-state index contributed by atoms with van der Waals surface area (Å²) in [5.74, 6) is 1.20.